The molecule has 1 fully saturated rings. The summed E-state index contributed by atoms with van der Waals surface area (Å²) in [5, 5.41) is 2.81. The summed E-state index contributed by atoms with van der Waals surface area (Å²) in [6.07, 6.45) is 2.41. The highest BCUT2D eigenvalue weighted by atomic mass is 16.5. The first kappa shape index (κ1) is 22.3. The Hall–Kier alpha value is -3.40. The van der Waals surface area contributed by atoms with Crippen LogP contribution in [0.4, 0.5) is 17.2 Å². The molecular weight excluding hydrogens is 402 g/mol. The molecule has 0 radical (unpaired) electrons. The molecule has 2 amide bonds. The van der Waals surface area contributed by atoms with Crippen molar-refractivity contribution in [1.82, 2.24) is 9.55 Å². The number of aromatic amines is 1. The van der Waals surface area contributed by atoms with Crippen molar-refractivity contribution in [2.45, 2.75) is 32.7 Å². The maximum atomic E-state index is 13.2. The lowest BCUT2D eigenvalue weighted by Gasteiger charge is -2.24. The molecule has 0 saturated heterocycles. The van der Waals surface area contributed by atoms with Crippen molar-refractivity contribution in [3.63, 3.8) is 0 Å². The number of anilines is 3. The zero-order valence-electron chi connectivity index (χ0n) is 17.6. The first-order chi connectivity index (χ1) is 14.9. The SMILES string of the molecule is CCCn1c(N)c(N(CCOC)C(=O)c2ccc(NC(=O)C3CC3)cc2)c(=O)[nH]c1=O. The summed E-state index contributed by atoms with van der Waals surface area (Å²) in [5.74, 6) is -0.512. The van der Waals surface area contributed by atoms with Crippen LogP contribution >= 0.6 is 0 Å². The van der Waals surface area contributed by atoms with E-state index in [4.69, 9.17) is 10.5 Å². The van der Waals surface area contributed by atoms with E-state index in [1.165, 1.54) is 16.6 Å². The Morgan fingerprint density at radius 1 is 1.26 bits per heavy atom. The van der Waals surface area contributed by atoms with Gasteiger partial charge in [0.25, 0.3) is 11.5 Å². The van der Waals surface area contributed by atoms with Crippen molar-refractivity contribution >= 4 is 29.0 Å². The Balaban J connectivity index is 1.93. The molecule has 1 aliphatic rings. The van der Waals surface area contributed by atoms with Gasteiger partial charge in [0.2, 0.25) is 5.91 Å². The van der Waals surface area contributed by atoms with Crippen LogP contribution in [0.3, 0.4) is 0 Å². The molecule has 0 aliphatic heterocycles. The van der Waals surface area contributed by atoms with Gasteiger partial charge in [-0.1, -0.05) is 6.92 Å². The van der Waals surface area contributed by atoms with Crippen molar-refractivity contribution < 1.29 is 14.3 Å². The Morgan fingerprint density at radius 3 is 2.52 bits per heavy atom. The van der Waals surface area contributed by atoms with Crippen LogP contribution in [0, 0.1) is 5.92 Å². The van der Waals surface area contributed by atoms with Crippen LogP contribution in [0.15, 0.2) is 33.9 Å². The zero-order chi connectivity index (χ0) is 22.5. The quantitative estimate of drug-likeness (QED) is 0.547. The Morgan fingerprint density at radius 2 is 1.94 bits per heavy atom. The number of aromatic nitrogens is 2. The molecular formula is C21H27N5O5. The number of carbonyl (C=O) groups is 2. The van der Waals surface area contributed by atoms with E-state index in [0.717, 1.165) is 12.8 Å². The molecule has 1 aromatic heterocycles. The second-order valence-corrected chi connectivity index (χ2v) is 7.44. The Kier molecular flexibility index (Phi) is 6.91. The smallest absolute Gasteiger partial charge is 0.330 e. The summed E-state index contributed by atoms with van der Waals surface area (Å²) in [7, 11) is 1.48. The second kappa shape index (κ2) is 9.61. The highest BCUT2D eigenvalue weighted by Crippen LogP contribution is 2.30. The van der Waals surface area contributed by atoms with E-state index in [-0.39, 0.29) is 36.5 Å². The number of H-pyrrole nitrogens is 1. The minimum atomic E-state index is -0.743. The number of carbonyl (C=O) groups excluding carboxylic acids is 2. The number of ether oxygens (including phenoxy) is 1. The fraction of sp³-hybridized carbons (Fsp3) is 0.429. The number of hydrogen-bond acceptors (Lipinski definition) is 6. The second-order valence-electron chi connectivity index (χ2n) is 7.44. The molecule has 4 N–H and O–H groups in total. The molecule has 166 valence electrons. The first-order valence-electron chi connectivity index (χ1n) is 10.2. The van der Waals surface area contributed by atoms with Crippen LogP contribution in [-0.2, 0) is 16.1 Å². The first-order valence-corrected chi connectivity index (χ1v) is 10.2. The van der Waals surface area contributed by atoms with E-state index >= 15 is 0 Å². The molecule has 1 aromatic carbocycles. The lowest BCUT2D eigenvalue weighted by atomic mass is 10.1. The fourth-order valence-corrected chi connectivity index (χ4v) is 3.22. The molecule has 2 aromatic rings. The Labute approximate surface area is 179 Å². The number of nitrogens with zero attached hydrogens (tertiary/aromatic N) is 2. The maximum absolute atomic E-state index is 13.2. The predicted octanol–water partition coefficient (Wildman–Crippen LogP) is 1.17. The van der Waals surface area contributed by atoms with E-state index < -0.39 is 17.2 Å². The van der Waals surface area contributed by atoms with E-state index in [1.807, 2.05) is 6.92 Å². The van der Waals surface area contributed by atoms with Crippen LogP contribution in [0.25, 0.3) is 0 Å². The van der Waals surface area contributed by atoms with Gasteiger partial charge in [-0.2, -0.15) is 0 Å². The topological polar surface area (TPSA) is 140 Å². The van der Waals surface area contributed by atoms with Gasteiger partial charge in [-0.15, -0.1) is 0 Å². The van der Waals surface area contributed by atoms with Gasteiger partial charge in [0, 0.05) is 37.4 Å². The van der Waals surface area contributed by atoms with Crippen molar-refractivity contribution in [1.29, 1.82) is 0 Å². The van der Waals surface area contributed by atoms with Gasteiger partial charge in [-0.05, 0) is 43.5 Å². The molecule has 0 bridgehead atoms. The number of benzene rings is 1. The van der Waals surface area contributed by atoms with Gasteiger partial charge in [0.1, 0.15) is 5.82 Å². The lowest BCUT2D eigenvalue weighted by molar-refractivity contribution is -0.117. The number of nitrogen functional groups attached to an aromatic ring is 1. The number of rotatable bonds is 9. The average molecular weight is 429 g/mol. The van der Waals surface area contributed by atoms with E-state index in [2.05, 4.69) is 10.3 Å². The molecule has 3 rings (SSSR count). The summed E-state index contributed by atoms with van der Waals surface area (Å²) in [4.78, 5) is 53.3. The highest BCUT2D eigenvalue weighted by Gasteiger charge is 2.29. The lowest BCUT2D eigenvalue weighted by Crippen LogP contribution is -2.42. The summed E-state index contributed by atoms with van der Waals surface area (Å²) in [5.41, 5.74) is 5.56. The predicted molar refractivity (Wildman–Crippen MR) is 117 cm³/mol. The summed E-state index contributed by atoms with van der Waals surface area (Å²) >= 11 is 0. The van der Waals surface area contributed by atoms with Crippen LogP contribution in [0.1, 0.15) is 36.5 Å². The third kappa shape index (κ3) is 5.02. The molecule has 0 atom stereocenters. The number of methoxy groups -OCH3 is 1. The monoisotopic (exact) mass is 429 g/mol. The van der Waals surface area contributed by atoms with Gasteiger partial charge in [0.15, 0.2) is 5.69 Å². The van der Waals surface area contributed by atoms with Gasteiger partial charge in [0.05, 0.1) is 6.61 Å². The van der Waals surface area contributed by atoms with Gasteiger partial charge in [-0.3, -0.25) is 28.8 Å². The number of nitrogens with one attached hydrogen (secondary N) is 2. The van der Waals surface area contributed by atoms with Crippen molar-refractivity contribution in [3.05, 3.63) is 50.7 Å². The molecule has 0 spiro atoms. The maximum Gasteiger partial charge on any atom is 0.330 e. The zero-order valence-corrected chi connectivity index (χ0v) is 17.6. The van der Waals surface area contributed by atoms with Crippen LogP contribution in [0.5, 0.6) is 0 Å². The van der Waals surface area contributed by atoms with Gasteiger partial charge in [-0.25, -0.2) is 4.79 Å². The third-order valence-corrected chi connectivity index (χ3v) is 5.04. The number of amides is 2. The minimum absolute atomic E-state index is 0.0294. The summed E-state index contributed by atoms with van der Waals surface area (Å²) < 4.78 is 6.33. The standard InChI is InChI=1S/C21H27N5O5/c1-3-10-26-17(22)16(19(28)24-21(26)30)25(11-12-31-2)20(29)14-6-8-15(9-7-14)23-18(27)13-4-5-13/h6-9,13H,3-5,10-12,22H2,1-2H3,(H,23,27)(H,24,28,30). The summed E-state index contributed by atoms with van der Waals surface area (Å²) in [6, 6.07) is 6.40. The van der Waals surface area contributed by atoms with Gasteiger partial charge < -0.3 is 15.8 Å². The minimum Gasteiger partial charge on any atom is -0.383 e. The Bertz CT molecular complexity index is 1070. The molecule has 0 unspecified atom stereocenters. The average Bonchev–Trinajstić information content (AvgIpc) is 3.59. The van der Waals surface area contributed by atoms with Crippen molar-refractivity contribution in [2.75, 3.05) is 36.2 Å². The normalized spacial score (nSPS) is 13.1. The van der Waals surface area contributed by atoms with Crippen molar-refractivity contribution in [3.8, 4) is 0 Å². The van der Waals surface area contributed by atoms with E-state index in [0.29, 0.717) is 24.2 Å². The third-order valence-electron chi connectivity index (χ3n) is 5.04. The highest BCUT2D eigenvalue weighted by molar-refractivity contribution is 6.07. The molecule has 1 saturated carbocycles. The van der Waals surface area contributed by atoms with E-state index in [9.17, 15) is 19.2 Å². The molecule has 1 aliphatic carbocycles. The molecule has 31 heavy (non-hydrogen) atoms. The molecule has 10 nitrogen and oxygen atoms in total. The fourth-order valence-electron chi connectivity index (χ4n) is 3.22. The van der Waals surface area contributed by atoms with Crippen molar-refractivity contribution in [2.24, 2.45) is 5.92 Å². The van der Waals surface area contributed by atoms with Crippen LogP contribution < -0.4 is 27.2 Å². The largest absolute Gasteiger partial charge is 0.383 e. The van der Waals surface area contributed by atoms with E-state index in [1.54, 1.807) is 24.3 Å². The van der Waals surface area contributed by atoms with Crippen LogP contribution in [0.2, 0.25) is 0 Å². The number of nitrogens with two attached hydrogens (primary N) is 1. The molecule has 10 heteroatoms. The molecule has 1 heterocycles. The summed E-state index contributed by atoms with van der Waals surface area (Å²) in [6.45, 7) is 2.39. The van der Waals surface area contributed by atoms with Gasteiger partial charge >= 0.3 is 5.69 Å². The van der Waals surface area contributed by atoms with Crippen LogP contribution in [-0.4, -0.2) is 41.6 Å². The number of hydrogen-bond donors (Lipinski definition) is 3.